The summed E-state index contributed by atoms with van der Waals surface area (Å²) in [5.41, 5.74) is 1.01. The van der Waals surface area contributed by atoms with Crippen molar-refractivity contribution in [1.82, 2.24) is 5.32 Å². The van der Waals surface area contributed by atoms with Gasteiger partial charge in [0.15, 0.2) is 11.5 Å². The molecular formula is C15H13NO4S. The highest BCUT2D eigenvalue weighted by atomic mass is 32.1. The van der Waals surface area contributed by atoms with Gasteiger partial charge in [0.2, 0.25) is 0 Å². The summed E-state index contributed by atoms with van der Waals surface area (Å²) in [6.45, 7) is 1.45. The number of nitrogens with one attached hydrogen (secondary N) is 1. The number of hydrogen-bond donors (Lipinski definition) is 1. The second-order valence-corrected chi connectivity index (χ2v) is 5.71. The van der Waals surface area contributed by atoms with Crippen molar-refractivity contribution in [2.24, 2.45) is 0 Å². The molecule has 6 heteroatoms. The highest BCUT2D eigenvalue weighted by molar-refractivity contribution is 7.12. The van der Waals surface area contributed by atoms with Gasteiger partial charge in [-0.3, -0.25) is 4.79 Å². The fourth-order valence-electron chi connectivity index (χ4n) is 2.53. The van der Waals surface area contributed by atoms with Crippen LogP contribution in [-0.2, 0) is 0 Å². The van der Waals surface area contributed by atoms with E-state index < -0.39 is 0 Å². The Hall–Kier alpha value is -2.21. The molecule has 1 amide bonds. The minimum atomic E-state index is -0.156. The van der Waals surface area contributed by atoms with Crippen molar-refractivity contribution in [3.63, 3.8) is 0 Å². The summed E-state index contributed by atoms with van der Waals surface area (Å²) < 4.78 is 16.6. The maximum absolute atomic E-state index is 12.5. The normalized spacial score (nSPS) is 18.8. The second-order valence-electron chi connectivity index (χ2n) is 4.83. The molecule has 1 unspecified atom stereocenters. The van der Waals surface area contributed by atoms with Gasteiger partial charge in [-0.2, -0.15) is 0 Å². The minimum absolute atomic E-state index is 0.129. The molecule has 4 rings (SSSR count). The molecule has 108 valence electrons. The number of para-hydroxylation sites is 1. The zero-order chi connectivity index (χ0) is 14.2. The Morgan fingerprint density at radius 1 is 1.14 bits per heavy atom. The van der Waals surface area contributed by atoms with Crippen molar-refractivity contribution in [3.8, 4) is 17.2 Å². The van der Waals surface area contributed by atoms with E-state index in [2.05, 4.69) is 5.32 Å². The summed E-state index contributed by atoms with van der Waals surface area (Å²) in [6, 6.07) is 7.61. The number of ether oxygens (including phenoxy) is 3. The third-order valence-electron chi connectivity index (χ3n) is 3.51. The zero-order valence-electron chi connectivity index (χ0n) is 11.1. The van der Waals surface area contributed by atoms with Crippen molar-refractivity contribution in [2.75, 3.05) is 19.8 Å². The molecule has 0 spiro atoms. The van der Waals surface area contributed by atoms with Crippen molar-refractivity contribution in [1.29, 1.82) is 0 Å². The summed E-state index contributed by atoms with van der Waals surface area (Å²) in [7, 11) is 0. The monoisotopic (exact) mass is 303 g/mol. The lowest BCUT2D eigenvalue weighted by molar-refractivity contribution is 0.0925. The molecule has 3 heterocycles. The van der Waals surface area contributed by atoms with Crippen molar-refractivity contribution in [2.45, 2.75) is 6.04 Å². The molecule has 0 saturated carbocycles. The van der Waals surface area contributed by atoms with Crippen LogP contribution < -0.4 is 19.5 Å². The van der Waals surface area contributed by atoms with Gasteiger partial charge in [0.1, 0.15) is 30.4 Å². The predicted octanol–water partition coefficient (Wildman–Crippen LogP) is 2.38. The molecule has 2 aromatic rings. The van der Waals surface area contributed by atoms with Gasteiger partial charge in [0, 0.05) is 10.9 Å². The number of amides is 1. The first-order chi connectivity index (χ1) is 10.3. The summed E-state index contributed by atoms with van der Waals surface area (Å²) >= 11 is 1.34. The molecule has 1 aromatic heterocycles. The lowest BCUT2D eigenvalue weighted by atomic mass is 10.1. The van der Waals surface area contributed by atoms with Crippen LogP contribution in [-0.4, -0.2) is 25.7 Å². The molecule has 0 fully saturated rings. The highest BCUT2D eigenvalue weighted by Gasteiger charge is 2.29. The number of hydrogen-bond acceptors (Lipinski definition) is 5. The lowest BCUT2D eigenvalue weighted by Gasteiger charge is -2.16. The Morgan fingerprint density at radius 3 is 2.95 bits per heavy atom. The van der Waals surface area contributed by atoms with E-state index in [0.29, 0.717) is 36.2 Å². The number of carbonyl (C=O) groups is 1. The van der Waals surface area contributed by atoms with Crippen LogP contribution in [0.25, 0.3) is 0 Å². The van der Waals surface area contributed by atoms with E-state index in [0.717, 1.165) is 11.3 Å². The van der Waals surface area contributed by atoms with E-state index in [-0.39, 0.29) is 11.9 Å². The fraction of sp³-hybridized carbons (Fsp3) is 0.267. The molecule has 0 saturated heterocycles. The van der Waals surface area contributed by atoms with E-state index in [1.165, 1.54) is 11.3 Å². The second kappa shape index (κ2) is 4.96. The zero-order valence-corrected chi connectivity index (χ0v) is 11.9. The molecule has 1 atom stereocenters. The maximum Gasteiger partial charge on any atom is 0.265 e. The van der Waals surface area contributed by atoms with Crippen LogP contribution in [0.3, 0.4) is 0 Å². The van der Waals surface area contributed by atoms with E-state index >= 15 is 0 Å². The molecular weight excluding hydrogens is 290 g/mol. The summed E-state index contributed by atoms with van der Waals surface area (Å²) in [6.07, 6.45) is 0. The number of rotatable bonds is 2. The number of thiophene rings is 1. The Morgan fingerprint density at radius 2 is 2.00 bits per heavy atom. The first-order valence-electron chi connectivity index (χ1n) is 6.72. The fourth-order valence-corrected chi connectivity index (χ4v) is 3.36. The number of carbonyl (C=O) groups excluding carboxylic acids is 1. The largest absolute Gasteiger partial charge is 0.491 e. The average Bonchev–Trinajstić information content (AvgIpc) is 3.12. The molecule has 1 aromatic carbocycles. The Balaban J connectivity index is 1.56. The average molecular weight is 303 g/mol. The number of benzene rings is 1. The van der Waals surface area contributed by atoms with Crippen molar-refractivity contribution in [3.05, 3.63) is 40.1 Å². The van der Waals surface area contributed by atoms with Crippen LogP contribution in [0.2, 0.25) is 0 Å². The van der Waals surface area contributed by atoms with E-state index in [1.54, 1.807) is 0 Å². The van der Waals surface area contributed by atoms with Gasteiger partial charge in [-0.1, -0.05) is 18.2 Å². The van der Waals surface area contributed by atoms with E-state index in [1.807, 2.05) is 29.6 Å². The summed E-state index contributed by atoms with van der Waals surface area (Å²) in [5.74, 6) is 1.88. The molecule has 0 bridgehead atoms. The van der Waals surface area contributed by atoms with Gasteiger partial charge in [-0.15, -0.1) is 11.3 Å². The summed E-state index contributed by atoms with van der Waals surface area (Å²) in [5, 5.41) is 4.81. The molecule has 5 nitrogen and oxygen atoms in total. The Labute approximate surface area is 125 Å². The van der Waals surface area contributed by atoms with Gasteiger partial charge < -0.3 is 19.5 Å². The van der Waals surface area contributed by atoms with Crippen LogP contribution in [0.5, 0.6) is 17.2 Å². The molecule has 0 radical (unpaired) electrons. The van der Waals surface area contributed by atoms with Gasteiger partial charge in [-0.25, -0.2) is 0 Å². The van der Waals surface area contributed by atoms with Crippen LogP contribution in [0.4, 0.5) is 0 Å². The molecule has 0 aliphatic carbocycles. The summed E-state index contributed by atoms with van der Waals surface area (Å²) in [4.78, 5) is 13.0. The van der Waals surface area contributed by atoms with Crippen LogP contribution in [0, 0.1) is 0 Å². The first kappa shape index (κ1) is 12.5. The first-order valence-corrected chi connectivity index (χ1v) is 7.60. The Bertz CT molecular complexity index is 697. The lowest BCUT2D eigenvalue weighted by Crippen LogP contribution is -2.29. The van der Waals surface area contributed by atoms with Gasteiger partial charge in [-0.05, 0) is 6.07 Å². The maximum atomic E-state index is 12.5. The predicted molar refractivity (Wildman–Crippen MR) is 77.5 cm³/mol. The van der Waals surface area contributed by atoms with Crippen LogP contribution in [0.15, 0.2) is 29.6 Å². The third kappa shape index (κ3) is 2.12. The van der Waals surface area contributed by atoms with Gasteiger partial charge >= 0.3 is 0 Å². The van der Waals surface area contributed by atoms with E-state index in [9.17, 15) is 4.79 Å². The smallest absolute Gasteiger partial charge is 0.265 e. The van der Waals surface area contributed by atoms with Crippen molar-refractivity contribution < 1.29 is 19.0 Å². The molecule has 21 heavy (non-hydrogen) atoms. The highest BCUT2D eigenvalue weighted by Crippen LogP contribution is 2.40. The third-order valence-corrected chi connectivity index (χ3v) is 4.45. The Kier molecular flexibility index (Phi) is 2.96. The van der Waals surface area contributed by atoms with Crippen molar-refractivity contribution >= 4 is 17.2 Å². The molecule has 2 aliphatic rings. The molecule has 1 N–H and O–H groups in total. The van der Waals surface area contributed by atoms with Gasteiger partial charge in [0.05, 0.1) is 6.04 Å². The standard InChI is InChI=1S/C15H13NO4S/c17-15(14-13-12(8-21-14)18-5-6-19-13)16-10-7-20-11-4-2-1-3-9(10)11/h1-4,8,10H,5-7H2,(H,16,17). The van der Waals surface area contributed by atoms with Crippen LogP contribution >= 0.6 is 11.3 Å². The quantitative estimate of drug-likeness (QED) is 0.925. The van der Waals surface area contributed by atoms with Gasteiger partial charge in [0.25, 0.3) is 5.91 Å². The SMILES string of the molecule is O=C(NC1COc2ccccc21)c1scc2c1OCCO2. The van der Waals surface area contributed by atoms with E-state index in [4.69, 9.17) is 14.2 Å². The molecule has 2 aliphatic heterocycles. The van der Waals surface area contributed by atoms with Crippen LogP contribution in [0.1, 0.15) is 21.3 Å². The number of fused-ring (bicyclic) bond motifs is 2. The topological polar surface area (TPSA) is 56.8 Å². The minimum Gasteiger partial charge on any atom is -0.491 e.